The van der Waals surface area contributed by atoms with Gasteiger partial charge in [0.2, 0.25) is 0 Å². The summed E-state index contributed by atoms with van der Waals surface area (Å²) in [6.07, 6.45) is 0.901. The number of methoxy groups -OCH3 is 2. The fourth-order valence-electron chi connectivity index (χ4n) is 3.47. The Labute approximate surface area is 148 Å². The Hall–Kier alpha value is -2.94. The van der Waals surface area contributed by atoms with Crippen LogP contribution in [-0.4, -0.2) is 14.2 Å². The second kappa shape index (κ2) is 6.52. The third-order valence-corrected chi connectivity index (χ3v) is 4.78. The van der Waals surface area contributed by atoms with Crippen molar-refractivity contribution in [1.82, 2.24) is 0 Å². The van der Waals surface area contributed by atoms with E-state index in [0.717, 1.165) is 17.9 Å². The van der Waals surface area contributed by atoms with Crippen LogP contribution in [0.15, 0.2) is 66.7 Å². The van der Waals surface area contributed by atoms with Crippen LogP contribution in [0.3, 0.4) is 0 Å². The number of fused-ring (bicyclic) bond motifs is 3. The number of para-hydroxylation sites is 1. The molecule has 1 unspecified atom stereocenters. The van der Waals surface area contributed by atoms with E-state index in [1.807, 2.05) is 18.2 Å². The predicted molar refractivity (Wildman–Crippen MR) is 101 cm³/mol. The molecule has 3 nitrogen and oxygen atoms in total. The Kier molecular flexibility index (Phi) is 4.06. The van der Waals surface area contributed by atoms with Gasteiger partial charge < -0.3 is 14.8 Å². The Morgan fingerprint density at radius 3 is 2.28 bits per heavy atom. The van der Waals surface area contributed by atoms with E-state index in [2.05, 4.69) is 53.8 Å². The van der Waals surface area contributed by atoms with Crippen LogP contribution in [0, 0.1) is 0 Å². The molecule has 0 aliphatic carbocycles. The van der Waals surface area contributed by atoms with Gasteiger partial charge in [0.1, 0.15) is 11.5 Å². The van der Waals surface area contributed by atoms with Gasteiger partial charge in [-0.05, 0) is 53.4 Å². The molecule has 0 saturated heterocycles. The standard InChI is InChI=1S/C22H21NO2/c1-24-16-9-7-15(8-10-16)13-22-20-14-17(25-2)11-12-18(20)19-5-3-4-6-21(19)23-22/h3-12,14,22-23H,13H2,1-2H3. The van der Waals surface area contributed by atoms with Crippen LogP contribution in [0.5, 0.6) is 11.5 Å². The molecule has 1 N–H and O–H groups in total. The highest BCUT2D eigenvalue weighted by Crippen LogP contribution is 2.42. The predicted octanol–water partition coefficient (Wildman–Crippen LogP) is 5.08. The van der Waals surface area contributed by atoms with Crippen molar-refractivity contribution in [2.75, 3.05) is 19.5 Å². The van der Waals surface area contributed by atoms with Gasteiger partial charge >= 0.3 is 0 Å². The summed E-state index contributed by atoms with van der Waals surface area (Å²) in [5.74, 6) is 1.77. The molecule has 0 fully saturated rings. The highest BCUT2D eigenvalue weighted by molar-refractivity contribution is 5.84. The lowest BCUT2D eigenvalue weighted by molar-refractivity contribution is 0.414. The highest BCUT2D eigenvalue weighted by atomic mass is 16.5. The monoisotopic (exact) mass is 331 g/mol. The summed E-state index contributed by atoms with van der Waals surface area (Å²) in [5, 5.41) is 3.69. The molecule has 3 heteroatoms. The minimum atomic E-state index is 0.202. The second-order valence-corrected chi connectivity index (χ2v) is 6.25. The molecule has 0 saturated carbocycles. The topological polar surface area (TPSA) is 30.5 Å². The molecule has 0 spiro atoms. The van der Waals surface area contributed by atoms with Crippen molar-refractivity contribution in [2.24, 2.45) is 0 Å². The highest BCUT2D eigenvalue weighted by Gasteiger charge is 2.24. The van der Waals surface area contributed by atoms with Crippen LogP contribution < -0.4 is 14.8 Å². The molecule has 126 valence electrons. The van der Waals surface area contributed by atoms with Gasteiger partial charge in [-0.15, -0.1) is 0 Å². The molecule has 0 amide bonds. The summed E-state index contributed by atoms with van der Waals surface area (Å²) < 4.78 is 10.7. The fraction of sp³-hybridized carbons (Fsp3) is 0.182. The third-order valence-electron chi connectivity index (χ3n) is 4.78. The molecule has 1 atom stereocenters. The average Bonchev–Trinajstić information content (AvgIpc) is 2.68. The zero-order valence-corrected chi connectivity index (χ0v) is 14.5. The lowest BCUT2D eigenvalue weighted by Gasteiger charge is -2.30. The van der Waals surface area contributed by atoms with E-state index in [1.165, 1.54) is 27.9 Å². The smallest absolute Gasteiger partial charge is 0.119 e. The van der Waals surface area contributed by atoms with Crippen LogP contribution >= 0.6 is 0 Å². The van der Waals surface area contributed by atoms with Gasteiger partial charge in [-0.3, -0.25) is 0 Å². The number of hydrogen-bond acceptors (Lipinski definition) is 3. The maximum atomic E-state index is 5.45. The number of hydrogen-bond donors (Lipinski definition) is 1. The van der Waals surface area contributed by atoms with Gasteiger partial charge in [0, 0.05) is 11.3 Å². The number of benzene rings is 3. The van der Waals surface area contributed by atoms with Crippen molar-refractivity contribution < 1.29 is 9.47 Å². The van der Waals surface area contributed by atoms with Crippen LogP contribution in [-0.2, 0) is 6.42 Å². The number of anilines is 1. The normalized spacial score (nSPS) is 14.9. The summed E-state index contributed by atoms with van der Waals surface area (Å²) in [6.45, 7) is 0. The van der Waals surface area contributed by atoms with Crippen LogP contribution in [0.4, 0.5) is 5.69 Å². The summed E-state index contributed by atoms with van der Waals surface area (Å²) in [5.41, 5.74) is 6.23. The molecule has 0 bridgehead atoms. The molecule has 4 rings (SSSR count). The fourth-order valence-corrected chi connectivity index (χ4v) is 3.47. The summed E-state index contributed by atoms with van der Waals surface area (Å²) in [6, 6.07) is 23.3. The van der Waals surface area contributed by atoms with Gasteiger partial charge in [-0.1, -0.05) is 36.4 Å². The minimum absolute atomic E-state index is 0.202. The first kappa shape index (κ1) is 15.6. The zero-order valence-electron chi connectivity index (χ0n) is 14.5. The van der Waals surface area contributed by atoms with Crippen LogP contribution in [0.1, 0.15) is 17.2 Å². The van der Waals surface area contributed by atoms with Crippen molar-refractivity contribution in [2.45, 2.75) is 12.5 Å². The van der Waals surface area contributed by atoms with Crippen molar-refractivity contribution >= 4 is 5.69 Å². The maximum Gasteiger partial charge on any atom is 0.119 e. The molecule has 1 aliphatic rings. The molecular weight excluding hydrogens is 310 g/mol. The lowest BCUT2D eigenvalue weighted by Crippen LogP contribution is -2.19. The van der Waals surface area contributed by atoms with E-state index in [1.54, 1.807) is 14.2 Å². The Morgan fingerprint density at radius 1 is 0.800 bits per heavy atom. The van der Waals surface area contributed by atoms with Gasteiger partial charge in [0.25, 0.3) is 0 Å². The van der Waals surface area contributed by atoms with Crippen LogP contribution in [0.2, 0.25) is 0 Å². The average molecular weight is 331 g/mol. The molecular formula is C22H21NO2. The summed E-state index contributed by atoms with van der Waals surface area (Å²) in [4.78, 5) is 0. The maximum absolute atomic E-state index is 5.45. The second-order valence-electron chi connectivity index (χ2n) is 6.25. The van der Waals surface area contributed by atoms with E-state index in [0.29, 0.717) is 0 Å². The largest absolute Gasteiger partial charge is 0.497 e. The summed E-state index contributed by atoms with van der Waals surface area (Å²) in [7, 11) is 3.40. The van der Waals surface area contributed by atoms with E-state index in [4.69, 9.17) is 9.47 Å². The molecule has 1 aliphatic heterocycles. The van der Waals surface area contributed by atoms with Gasteiger partial charge in [0.15, 0.2) is 0 Å². The van der Waals surface area contributed by atoms with Gasteiger partial charge in [-0.2, -0.15) is 0 Å². The number of nitrogens with one attached hydrogen (secondary N) is 1. The SMILES string of the molecule is COc1ccc(CC2Nc3ccccc3-c3ccc(OC)cc32)cc1. The Bertz CT molecular complexity index is 887. The Balaban J connectivity index is 1.73. The first-order valence-electron chi connectivity index (χ1n) is 8.45. The zero-order chi connectivity index (χ0) is 17.2. The van der Waals surface area contributed by atoms with Gasteiger partial charge in [0.05, 0.1) is 20.3 Å². The molecule has 25 heavy (non-hydrogen) atoms. The molecule has 3 aromatic carbocycles. The molecule has 1 heterocycles. The first-order valence-corrected chi connectivity index (χ1v) is 8.45. The molecule has 0 radical (unpaired) electrons. The number of ether oxygens (including phenoxy) is 2. The molecule has 0 aromatic heterocycles. The first-order chi connectivity index (χ1) is 12.3. The van der Waals surface area contributed by atoms with E-state index in [-0.39, 0.29) is 6.04 Å². The molecule has 3 aromatic rings. The number of rotatable bonds is 4. The summed E-state index contributed by atoms with van der Waals surface area (Å²) >= 11 is 0. The van der Waals surface area contributed by atoms with Crippen molar-refractivity contribution in [3.05, 3.63) is 77.9 Å². The van der Waals surface area contributed by atoms with Crippen LogP contribution in [0.25, 0.3) is 11.1 Å². The Morgan fingerprint density at radius 2 is 1.52 bits per heavy atom. The van der Waals surface area contributed by atoms with E-state index in [9.17, 15) is 0 Å². The van der Waals surface area contributed by atoms with Crippen molar-refractivity contribution in [1.29, 1.82) is 0 Å². The third kappa shape index (κ3) is 2.93. The van der Waals surface area contributed by atoms with E-state index < -0.39 is 0 Å². The van der Waals surface area contributed by atoms with Crippen molar-refractivity contribution in [3.63, 3.8) is 0 Å². The lowest BCUT2D eigenvalue weighted by atomic mass is 9.87. The van der Waals surface area contributed by atoms with Gasteiger partial charge in [-0.25, -0.2) is 0 Å². The quantitative estimate of drug-likeness (QED) is 0.723. The minimum Gasteiger partial charge on any atom is -0.497 e. The van der Waals surface area contributed by atoms with Crippen molar-refractivity contribution in [3.8, 4) is 22.6 Å². The van der Waals surface area contributed by atoms with E-state index >= 15 is 0 Å².